The molecular formula is C18H39O2P. The topological polar surface area (TPSA) is 26.3 Å². The number of unbranched alkanes of at least 4 members (excludes halogenated alkanes) is 8. The third kappa shape index (κ3) is 16.4. The molecule has 2 nitrogen and oxygen atoms in total. The molecule has 0 aliphatic rings. The quantitative estimate of drug-likeness (QED) is 0.243. The summed E-state index contributed by atoms with van der Waals surface area (Å²) in [5.74, 6) is 0.612. The molecule has 3 heteroatoms. The highest BCUT2D eigenvalue weighted by Gasteiger charge is 2.14. The van der Waals surface area contributed by atoms with Gasteiger partial charge in [0.05, 0.1) is 6.61 Å². The highest BCUT2D eigenvalue weighted by molar-refractivity contribution is 7.57. The molecule has 0 rings (SSSR count). The average molecular weight is 318 g/mol. The van der Waals surface area contributed by atoms with Crippen LogP contribution in [0.15, 0.2) is 0 Å². The second-order valence-corrected chi connectivity index (χ2v) is 9.58. The molecule has 0 N–H and O–H groups in total. The second kappa shape index (κ2) is 13.8. The van der Waals surface area contributed by atoms with Crippen LogP contribution in [0.1, 0.15) is 90.9 Å². The molecule has 0 heterocycles. The Morgan fingerprint density at radius 2 is 1.19 bits per heavy atom. The Bertz CT molecular complexity index is 260. The van der Waals surface area contributed by atoms with Crippen molar-refractivity contribution in [1.82, 2.24) is 0 Å². The fraction of sp³-hybridized carbons (Fsp3) is 1.00. The Balaban J connectivity index is 3.86. The lowest BCUT2D eigenvalue weighted by Crippen LogP contribution is -2.09. The molecule has 0 aromatic carbocycles. The van der Waals surface area contributed by atoms with Crippen molar-refractivity contribution in [1.29, 1.82) is 0 Å². The van der Waals surface area contributed by atoms with Crippen molar-refractivity contribution >= 4 is 7.37 Å². The first-order valence-electron chi connectivity index (χ1n) is 9.19. The lowest BCUT2D eigenvalue weighted by Gasteiger charge is -2.18. The van der Waals surface area contributed by atoms with E-state index in [1.807, 2.05) is 0 Å². The summed E-state index contributed by atoms with van der Waals surface area (Å²) in [4.78, 5) is 0. The highest BCUT2D eigenvalue weighted by Crippen LogP contribution is 2.38. The third-order valence-corrected chi connectivity index (χ3v) is 4.82. The van der Waals surface area contributed by atoms with E-state index < -0.39 is 7.37 Å². The molecule has 1 atom stereocenters. The van der Waals surface area contributed by atoms with E-state index in [4.69, 9.17) is 4.52 Å². The maximum Gasteiger partial charge on any atom is 0.197 e. The van der Waals surface area contributed by atoms with Gasteiger partial charge in [-0.3, -0.25) is 4.57 Å². The van der Waals surface area contributed by atoms with Crippen LogP contribution in [0.4, 0.5) is 0 Å². The van der Waals surface area contributed by atoms with Crippen LogP contribution >= 0.6 is 7.37 Å². The van der Waals surface area contributed by atoms with E-state index in [2.05, 4.69) is 13.8 Å². The van der Waals surface area contributed by atoms with E-state index in [1.165, 1.54) is 77.0 Å². The Labute approximate surface area is 133 Å². The predicted octanol–water partition coefficient (Wildman–Crippen LogP) is 6.88. The van der Waals surface area contributed by atoms with Crippen LogP contribution in [0.5, 0.6) is 0 Å². The number of hydrogen-bond acceptors (Lipinski definition) is 2. The zero-order valence-electron chi connectivity index (χ0n) is 15.0. The summed E-state index contributed by atoms with van der Waals surface area (Å²) < 4.78 is 17.3. The minimum absolute atomic E-state index is 0.612. The van der Waals surface area contributed by atoms with Gasteiger partial charge in [-0.05, 0) is 18.8 Å². The van der Waals surface area contributed by atoms with Crippen molar-refractivity contribution in [2.75, 3.05) is 19.9 Å². The molecule has 0 aromatic heterocycles. The minimum Gasteiger partial charge on any atom is -0.329 e. The predicted molar refractivity (Wildman–Crippen MR) is 95.6 cm³/mol. The third-order valence-electron chi connectivity index (χ3n) is 4.05. The zero-order valence-corrected chi connectivity index (χ0v) is 15.9. The lowest BCUT2D eigenvalue weighted by atomic mass is 9.95. The van der Waals surface area contributed by atoms with Crippen molar-refractivity contribution in [3.05, 3.63) is 0 Å². The summed E-state index contributed by atoms with van der Waals surface area (Å²) in [7, 11) is -2.32. The molecule has 0 spiro atoms. The first-order chi connectivity index (χ1) is 9.99. The maximum atomic E-state index is 11.7. The van der Waals surface area contributed by atoms with Gasteiger partial charge >= 0.3 is 0 Å². The van der Waals surface area contributed by atoms with Crippen molar-refractivity contribution in [2.24, 2.45) is 5.92 Å². The molecule has 0 bridgehead atoms. The van der Waals surface area contributed by atoms with Gasteiger partial charge in [0.15, 0.2) is 7.37 Å². The lowest BCUT2D eigenvalue weighted by molar-refractivity contribution is 0.229. The van der Waals surface area contributed by atoms with Crippen molar-refractivity contribution < 1.29 is 9.09 Å². The second-order valence-electron chi connectivity index (χ2n) is 6.82. The molecule has 0 amide bonds. The van der Waals surface area contributed by atoms with Crippen LogP contribution in [-0.4, -0.2) is 19.9 Å². The largest absolute Gasteiger partial charge is 0.329 e. The van der Waals surface area contributed by atoms with E-state index in [1.54, 1.807) is 13.3 Å². The van der Waals surface area contributed by atoms with Gasteiger partial charge in [-0.15, -0.1) is 0 Å². The van der Waals surface area contributed by atoms with Crippen LogP contribution in [0.3, 0.4) is 0 Å². The van der Waals surface area contributed by atoms with Gasteiger partial charge in [-0.2, -0.15) is 0 Å². The highest BCUT2D eigenvalue weighted by atomic mass is 31.2. The van der Waals surface area contributed by atoms with E-state index >= 15 is 0 Å². The fourth-order valence-corrected chi connectivity index (χ4v) is 3.24. The molecule has 21 heavy (non-hydrogen) atoms. The number of hydrogen-bond donors (Lipinski definition) is 0. The summed E-state index contributed by atoms with van der Waals surface area (Å²) >= 11 is 0. The Morgan fingerprint density at radius 3 is 1.67 bits per heavy atom. The monoisotopic (exact) mass is 318 g/mol. The first kappa shape index (κ1) is 21.2. The van der Waals surface area contributed by atoms with Gasteiger partial charge in [-0.25, -0.2) is 0 Å². The maximum absolute atomic E-state index is 11.7. The molecule has 0 radical (unpaired) electrons. The van der Waals surface area contributed by atoms with Crippen LogP contribution in [0.25, 0.3) is 0 Å². The van der Waals surface area contributed by atoms with Crippen molar-refractivity contribution in [2.45, 2.75) is 90.9 Å². The Hall–Kier alpha value is 0.190. The smallest absolute Gasteiger partial charge is 0.197 e. The van der Waals surface area contributed by atoms with E-state index in [9.17, 15) is 4.57 Å². The van der Waals surface area contributed by atoms with Crippen LogP contribution in [0, 0.1) is 5.92 Å². The van der Waals surface area contributed by atoms with Crippen molar-refractivity contribution in [3.8, 4) is 0 Å². The van der Waals surface area contributed by atoms with Gasteiger partial charge < -0.3 is 4.52 Å². The summed E-state index contributed by atoms with van der Waals surface area (Å²) in [6, 6.07) is 0. The van der Waals surface area contributed by atoms with Crippen molar-refractivity contribution in [3.63, 3.8) is 0 Å². The molecule has 0 saturated carbocycles. The van der Waals surface area contributed by atoms with Crippen LogP contribution < -0.4 is 0 Å². The van der Waals surface area contributed by atoms with E-state index in [-0.39, 0.29) is 0 Å². The molecule has 128 valence electrons. The van der Waals surface area contributed by atoms with Gasteiger partial charge in [-0.1, -0.05) is 78.1 Å². The SMILES string of the molecule is CCCCCCCCC(CCCCCC)COP(C)(C)=O. The van der Waals surface area contributed by atoms with Crippen LogP contribution in [0.2, 0.25) is 0 Å². The summed E-state index contributed by atoms with van der Waals surface area (Å²) in [5, 5.41) is 0. The van der Waals surface area contributed by atoms with Gasteiger partial charge in [0.1, 0.15) is 0 Å². The molecule has 0 aliphatic carbocycles. The molecule has 0 aliphatic heterocycles. The fourth-order valence-electron chi connectivity index (χ4n) is 2.67. The Morgan fingerprint density at radius 1 is 0.762 bits per heavy atom. The van der Waals surface area contributed by atoms with Gasteiger partial charge in [0, 0.05) is 13.3 Å². The summed E-state index contributed by atoms with van der Waals surface area (Å²) in [6.07, 6.45) is 15.9. The molecule has 1 unspecified atom stereocenters. The molecular weight excluding hydrogens is 279 g/mol. The normalized spacial score (nSPS) is 13.5. The minimum atomic E-state index is -2.32. The Kier molecular flexibility index (Phi) is 14.0. The molecule has 0 saturated heterocycles. The van der Waals surface area contributed by atoms with E-state index in [0.29, 0.717) is 12.5 Å². The van der Waals surface area contributed by atoms with Crippen LogP contribution in [-0.2, 0) is 9.09 Å². The molecule has 0 aromatic rings. The summed E-state index contributed by atoms with van der Waals surface area (Å²) in [6.45, 7) is 8.67. The van der Waals surface area contributed by atoms with E-state index in [0.717, 1.165) is 0 Å². The average Bonchev–Trinajstić information content (AvgIpc) is 2.42. The van der Waals surface area contributed by atoms with Gasteiger partial charge in [0.2, 0.25) is 0 Å². The molecule has 0 fully saturated rings. The summed E-state index contributed by atoms with van der Waals surface area (Å²) in [5.41, 5.74) is 0. The standard InChI is InChI=1S/C18H39O2P/c1-5-7-9-11-12-14-16-18(15-13-10-8-6-2)17-20-21(3,4)19/h18H,5-17H2,1-4H3. The zero-order chi connectivity index (χ0) is 16.0. The number of rotatable bonds is 15. The first-order valence-corrected chi connectivity index (χ1v) is 11.7. The van der Waals surface area contributed by atoms with Gasteiger partial charge in [0.25, 0.3) is 0 Å².